The maximum absolute atomic E-state index is 13.4. The lowest BCUT2D eigenvalue weighted by Crippen LogP contribution is -2.45. The van der Waals surface area contributed by atoms with Crippen LogP contribution in [0.4, 0.5) is 23.4 Å². The Labute approximate surface area is 251 Å². The van der Waals surface area contributed by atoms with Gasteiger partial charge >= 0.3 is 6.18 Å². The molecule has 0 fully saturated rings. The van der Waals surface area contributed by atoms with Crippen LogP contribution in [0.25, 0.3) is 11.3 Å². The Bertz CT molecular complexity index is 1770. The second kappa shape index (κ2) is 12.5. The molecule has 3 heterocycles. The summed E-state index contributed by atoms with van der Waals surface area (Å²) in [4.78, 5) is 21.7. The molecule has 0 spiro atoms. The van der Waals surface area contributed by atoms with Crippen molar-refractivity contribution < 1.29 is 30.8 Å². The number of pyridine rings is 2. The topological polar surface area (TPSA) is 104 Å². The van der Waals surface area contributed by atoms with Gasteiger partial charge in [-0.3, -0.25) is 9.78 Å². The molecule has 0 radical (unpaired) electrons. The second-order valence-electron chi connectivity index (χ2n) is 10.1. The van der Waals surface area contributed by atoms with Gasteiger partial charge in [-0.25, -0.2) is 17.8 Å². The highest BCUT2D eigenvalue weighted by molar-refractivity contribution is 7.89. The number of rotatable bonds is 9. The number of sulfonamides is 1. The lowest BCUT2D eigenvalue weighted by atomic mass is 10.1. The van der Waals surface area contributed by atoms with Crippen LogP contribution < -0.4 is 10.6 Å². The van der Waals surface area contributed by atoms with Crippen LogP contribution in [0, 0.1) is 5.82 Å². The molecule has 0 saturated carbocycles. The minimum absolute atomic E-state index is 0.0257. The normalized spacial score (nSPS) is 16.1. The SMILES string of the molecule is CC(Nc1cc(CNC(=O)C2C=CCN2S(=O)(=O)c2ccc(F)cc2)cc(-c2ccc(C(F)(F)F)cc2)n1)c1ccncc1. The average molecular weight is 626 g/mol. The van der Waals surface area contributed by atoms with E-state index in [-0.39, 0.29) is 24.0 Å². The Hall–Kier alpha value is -4.62. The lowest BCUT2D eigenvalue weighted by Gasteiger charge is -2.23. The first-order valence-electron chi connectivity index (χ1n) is 13.5. The van der Waals surface area contributed by atoms with Crippen molar-refractivity contribution in [3.63, 3.8) is 0 Å². The summed E-state index contributed by atoms with van der Waals surface area (Å²) in [5.74, 6) is -0.760. The first-order valence-corrected chi connectivity index (χ1v) is 14.9. The van der Waals surface area contributed by atoms with E-state index in [1.807, 2.05) is 19.1 Å². The number of alkyl halides is 3. The van der Waals surface area contributed by atoms with Crippen LogP contribution in [-0.2, 0) is 27.5 Å². The summed E-state index contributed by atoms with van der Waals surface area (Å²) in [7, 11) is -4.10. The van der Waals surface area contributed by atoms with Gasteiger partial charge in [0.2, 0.25) is 15.9 Å². The molecule has 2 aromatic heterocycles. The third-order valence-electron chi connectivity index (χ3n) is 7.03. The number of hydrogen-bond donors (Lipinski definition) is 2. The quantitative estimate of drug-likeness (QED) is 0.182. The van der Waals surface area contributed by atoms with Gasteiger partial charge in [-0.2, -0.15) is 17.5 Å². The number of halogens is 4. The van der Waals surface area contributed by atoms with E-state index in [9.17, 15) is 30.8 Å². The molecule has 44 heavy (non-hydrogen) atoms. The zero-order valence-electron chi connectivity index (χ0n) is 23.3. The molecule has 2 atom stereocenters. The van der Waals surface area contributed by atoms with Gasteiger partial charge in [0.05, 0.1) is 22.2 Å². The standard InChI is InChI=1S/C31H27F4N5O3S/c1-20(22-12-14-36-15-13-22)38-29-18-21(17-27(39-29)23-4-6-24(7-5-23)31(33,34)35)19-37-30(41)28-3-2-16-40(28)44(42,43)26-10-8-25(32)9-11-26/h2-15,17-18,20,28H,16,19H2,1H3,(H,37,41)(H,38,39). The predicted octanol–water partition coefficient (Wildman–Crippen LogP) is 5.72. The van der Waals surface area contributed by atoms with Crippen LogP contribution in [0.15, 0.2) is 102 Å². The molecule has 0 aliphatic carbocycles. The number of hydrogen-bond acceptors (Lipinski definition) is 6. The van der Waals surface area contributed by atoms with E-state index in [0.29, 0.717) is 22.6 Å². The molecule has 2 aromatic carbocycles. The monoisotopic (exact) mass is 625 g/mol. The number of benzene rings is 2. The fraction of sp³-hybridized carbons (Fsp3) is 0.194. The highest BCUT2D eigenvalue weighted by Gasteiger charge is 2.36. The van der Waals surface area contributed by atoms with Gasteiger partial charge in [0.25, 0.3) is 0 Å². The molecule has 228 valence electrons. The summed E-state index contributed by atoms with van der Waals surface area (Å²) in [5, 5.41) is 6.03. The summed E-state index contributed by atoms with van der Waals surface area (Å²) in [6, 6.07) is 14.6. The summed E-state index contributed by atoms with van der Waals surface area (Å²) in [6.07, 6.45) is 1.84. The Morgan fingerprint density at radius 2 is 1.70 bits per heavy atom. The molecule has 2 unspecified atom stereocenters. The maximum Gasteiger partial charge on any atom is 0.416 e. The Balaban J connectivity index is 1.38. The van der Waals surface area contributed by atoms with Crippen molar-refractivity contribution in [2.45, 2.75) is 36.6 Å². The number of nitrogens with one attached hydrogen (secondary N) is 2. The van der Waals surface area contributed by atoms with Gasteiger partial charge in [0.1, 0.15) is 17.7 Å². The molecule has 1 amide bonds. The number of anilines is 1. The van der Waals surface area contributed by atoms with Crippen LogP contribution >= 0.6 is 0 Å². The van der Waals surface area contributed by atoms with Crippen LogP contribution in [0.2, 0.25) is 0 Å². The number of carbonyl (C=O) groups is 1. The molecule has 4 aromatic rings. The van der Waals surface area contributed by atoms with Crippen molar-refractivity contribution in [3.05, 3.63) is 120 Å². The summed E-state index contributed by atoms with van der Waals surface area (Å²) in [6.45, 7) is 1.85. The van der Waals surface area contributed by atoms with Crippen LogP contribution in [0.5, 0.6) is 0 Å². The Kier molecular flexibility index (Phi) is 8.79. The Morgan fingerprint density at radius 3 is 2.36 bits per heavy atom. The van der Waals surface area contributed by atoms with E-state index in [1.165, 1.54) is 18.2 Å². The van der Waals surface area contributed by atoms with Crippen molar-refractivity contribution in [3.8, 4) is 11.3 Å². The van der Waals surface area contributed by atoms with Crippen LogP contribution in [0.1, 0.15) is 29.7 Å². The van der Waals surface area contributed by atoms with Crippen molar-refractivity contribution in [2.24, 2.45) is 0 Å². The maximum atomic E-state index is 13.4. The van der Waals surface area contributed by atoms with Crippen LogP contribution in [0.3, 0.4) is 0 Å². The Morgan fingerprint density at radius 1 is 1.02 bits per heavy atom. The summed E-state index contributed by atoms with van der Waals surface area (Å²) < 4.78 is 80.2. The fourth-order valence-corrected chi connectivity index (χ4v) is 6.20. The fourth-order valence-electron chi connectivity index (χ4n) is 4.70. The molecule has 0 saturated heterocycles. The smallest absolute Gasteiger partial charge is 0.364 e. The van der Waals surface area contributed by atoms with Gasteiger partial charge in [-0.05, 0) is 78.7 Å². The number of nitrogens with zero attached hydrogens (tertiary/aromatic N) is 3. The van der Waals surface area contributed by atoms with Crippen molar-refractivity contribution in [1.82, 2.24) is 19.6 Å². The molecule has 1 aliphatic heterocycles. The van der Waals surface area contributed by atoms with E-state index in [2.05, 4.69) is 20.6 Å². The van der Waals surface area contributed by atoms with E-state index >= 15 is 0 Å². The molecule has 1 aliphatic rings. The highest BCUT2D eigenvalue weighted by Crippen LogP contribution is 2.31. The third-order valence-corrected chi connectivity index (χ3v) is 8.89. The highest BCUT2D eigenvalue weighted by atomic mass is 32.2. The first-order chi connectivity index (χ1) is 20.9. The third kappa shape index (κ3) is 6.95. The van der Waals surface area contributed by atoms with Gasteiger partial charge in [0, 0.05) is 31.0 Å². The van der Waals surface area contributed by atoms with Gasteiger partial charge in [-0.1, -0.05) is 24.3 Å². The zero-order chi connectivity index (χ0) is 31.5. The molecule has 5 rings (SSSR count). The van der Waals surface area contributed by atoms with Gasteiger partial charge in [0.15, 0.2) is 0 Å². The number of carbonyl (C=O) groups excluding carboxylic acids is 1. The summed E-state index contributed by atoms with van der Waals surface area (Å²) >= 11 is 0. The largest absolute Gasteiger partial charge is 0.416 e. The van der Waals surface area contributed by atoms with Gasteiger partial charge in [-0.15, -0.1) is 0 Å². The molecule has 2 N–H and O–H groups in total. The molecular weight excluding hydrogens is 598 g/mol. The summed E-state index contributed by atoms with van der Waals surface area (Å²) in [5.41, 5.74) is 1.51. The second-order valence-corrected chi connectivity index (χ2v) is 12.0. The molecule has 0 bridgehead atoms. The van der Waals surface area contributed by atoms with Gasteiger partial charge < -0.3 is 10.6 Å². The average Bonchev–Trinajstić information content (AvgIpc) is 3.52. The van der Waals surface area contributed by atoms with E-state index in [0.717, 1.165) is 46.3 Å². The zero-order valence-corrected chi connectivity index (χ0v) is 24.1. The first kappa shape index (κ1) is 30.8. The predicted molar refractivity (Wildman–Crippen MR) is 156 cm³/mol. The molecule has 8 nitrogen and oxygen atoms in total. The van der Waals surface area contributed by atoms with Crippen molar-refractivity contribution in [2.75, 3.05) is 11.9 Å². The molecular formula is C31H27F4N5O3S. The van der Waals surface area contributed by atoms with Crippen LogP contribution in [-0.4, -0.2) is 41.2 Å². The lowest BCUT2D eigenvalue weighted by molar-refractivity contribution is -0.137. The number of aromatic nitrogens is 2. The van der Waals surface area contributed by atoms with E-state index in [1.54, 1.807) is 30.6 Å². The van der Waals surface area contributed by atoms with Crippen molar-refractivity contribution in [1.29, 1.82) is 0 Å². The number of amides is 1. The van der Waals surface area contributed by atoms with E-state index < -0.39 is 39.5 Å². The molecule has 13 heteroatoms. The van der Waals surface area contributed by atoms with Crippen molar-refractivity contribution >= 4 is 21.7 Å². The minimum atomic E-state index is -4.49. The minimum Gasteiger partial charge on any atom is -0.364 e. The van der Waals surface area contributed by atoms with E-state index in [4.69, 9.17) is 0 Å².